The van der Waals surface area contributed by atoms with Gasteiger partial charge in [0.15, 0.2) is 5.78 Å². The molecule has 0 aromatic heterocycles. The molecule has 5 nitrogen and oxygen atoms in total. The Bertz CT molecular complexity index is 367. The third-order valence-electron chi connectivity index (χ3n) is 2.55. The van der Waals surface area contributed by atoms with Gasteiger partial charge in [0.2, 0.25) is 0 Å². The number of Topliss-reactive ketones (excluding diaryl/α,β-unsaturated/α-hetero) is 1. The Morgan fingerprint density at radius 2 is 2.06 bits per heavy atom. The number of carbonyl (C=O) groups is 3. The van der Waals surface area contributed by atoms with E-state index in [4.69, 9.17) is 4.74 Å². The Balaban J connectivity index is 2.95. The van der Waals surface area contributed by atoms with Crippen LogP contribution in [0.5, 0.6) is 0 Å². The topological polar surface area (TPSA) is 69.7 Å². The summed E-state index contributed by atoms with van der Waals surface area (Å²) < 4.78 is 9.32. The Hall–Kier alpha value is -1.65. The molecule has 1 atom stereocenters. The number of hydrogen-bond donors (Lipinski definition) is 0. The molecule has 1 aliphatic rings. The Morgan fingerprint density at radius 3 is 2.56 bits per heavy atom. The van der Waals surface area contributed by atoms with Gasteiger partial charge in [0.05, 0.1) is 19.6 Å². The minimum atomic E-state index is -0.686. The van der Waals surface area contributed by atoms with Crippen LogP contribution < -0.4 is 0 Å². The van der Waals surface area contributed by atoms with E-state index in [1.165, 1.54) is 7.11 Å². The first-order valence-electron chi connectivity index (χ1n) is 5.01. The van der Waals surface area contributed by atoms with Crippen LogP contribution in [-0.2, 0) is 23.9 Å². The maximum absolute atomic E-state index is 11.5. The first kappa shape index (κ1) is 12.4. The lowest BCUT2D eigenvalue weighted by Crippen LogP contribution is -2.17. The molecule has 0 fully saturated rings. The average Bonchev–Trinajstić information content (AvgIpc) is 2.54. The van der Waals surface area contributed by atoms with Crippen molar-refractivity contribution in [2.24, 2.45) is 5.92 Å². The summed E-state index contributed by atoms with van der Waals surface area (Å²) in [5, 5.41) is 0. The van der Waals surface area contributed by atoms with Crippen LogP contribution in [0.3, 0.4) is 0 Å². The molecular weight excluding hydrogens is 212 g/mol. The standard InChI is InChI=1S/C11H14O5/c1-4-16-10(13)7-5-8(12)9(6(7)2)11(14)15-3/h7H,4-5H2,1-3H3. The first-order valence-corrected chi connectivity index (χ1v) is 5.01. The Kier molecular flexibility index (Phi) is 3.82. The number of carbonyl (C=O) groups excluding carboxylic acids is 3. The van der Waals surface area contributed by atoms with Crippen molar-refractivity contribution >= 4 is 17.7 Å². The molecule has 0 heterocycles. The van der Waals surface area contributed by atoms with Crippen LogP contribution >= 0.6 is 0 Å². The number of methoxy groups -OCH3 is 1. The monoisotopic (exact) mass is 226 g/mol. The molecule has 0 amide bonds. The van der Waals surface area contributed by atoms with E-state index in [9.17, 15) is 14.4 Å². The third-order valence-corrected chi connectivity index (χ3v) is 2.55. The zero-order valence-corrected chi connectivity index (χ0v) is 9.53. The van der Waals surface area contributed by atoms with E-state index in [0.717, 1.165) is 0 Å². The molecule has 0 spiro atoms. The van der Waals surface area contributed by atoms with Gasteiger partial charge in [0.25, 0.3) is 0 Å². The predicted octanol–water partition coefficient (Wildman–Crippen LogP) is 0.628. The molecular formula is C11H14O5. The maximum atomic E-state index is 11.5. The van der Waals surface area contributed by atoms with Gasteiger partial charge in [0, 0.05) is 6.42 Å². The highest BCUT2D eigenvalue weighted by atomic mass is 16.5. The van der Waals surface area contributed by atoms with Crippen molar-refractivity contribution < 1.29 is 23.9 Å². The lowest BCUT2D eigenvalue weighted by Gasteiger charge is -2.09. The molecule has 1 rings (SSSR count). The van der Waals surface area contributed by atoms with E-state index in [2.05, 4.69) is 4.74 Å². The molecule has 16 heavy (non-hydrogen) atoms. The van der Waals surface area contributed by atoms with Crippen molar-refractivity contribution in [1.29, 1.82) is 0 Å². The van der Waals surface area contributed by atoms with Crippen molar-refractivity contribution in [2.75, 3.05) is 13.7 Å². The number of ketones is 1. The van der Waals surface area contributed by atoms with E-state index in [1.54, 1.807) is 13.8 Å². The number of rotatable bonds is 3. The molecule has 0 saturated heterocycles. The van der Waals surface area contributed by atoms with Crippen molar-refractivity contribution in [3.8, 4) is 0 Å². The summed E-state index contributed by atoms with van der Waals surface area (Å²) >= 11 is 0. The van der Waals surface area contributed by atoms with Gasteiger partial charge >= 0.3 is 11.9 Å². The highest BCUT2D eigenvalue weighted by molar-refractivity contribution is 6.21. The zero-order chi connectivity index (χ0) is 12.3. The molecule has 0 radical (unpaired) electrons. The van der Waals surface area contributed by atoms with E-state index < -0.39 is 17.9 Å². The van der Waals surface area contributed by atoms with Gasteiger partial charge in [-0.15, -0.1) is 0 Å². The summed E-state index contributed by atoms with van der Waals surface area (Å²) in [6.45, 7) is 3.53. The number of esters is 2. The van der Waals surface area contributed by atoms with Gasteiger partial charge in [-0.05, 0) is 19.4 Å². The summed E-state index contributed by atoms with van der Waals surface area (Å²) in [5.41, 5.74) is 0.427. The van der Waals surface area contributed by atoms with Crippen LogP contribution in [-0.4, -0.2) is 31.4 Å². The summed E-state index contributed by atoms with van der Waals surface area (Å²) in [5.74, 6) is -2.15. The third kappa shape index (κ3) is 2.13. The smallest absolute Gasteiger partial charge is 0.341 e. The minimum absolute atomic E-state index is 0.00486. The highest BCUT2D eigenvalue weighted by Gasteiger charge is 2.38. The van der Waals surface area contributed by atoms with Crippen molar-refractivity contribution in [3.05, 3.63) is 11.1 Å². The fourth-order valence-electron chi connectivity index (χ4n) is 1.71. The zero-order valence-electron chi connectivity index (χ0n) is 9.53. The second-order valence-electron chi connectivity index (χ2n) is 3.48. The quantitative estimate of drug-likeness (QED) is 0.521. The summed E-state index contributed by atoms with van der Waals surface area (Å²) in [7, 11) is 1.20. The van der Waals surface area contributed by atoms with Crippen molar-refractivity contribution in [2.45, 2.75) is 20.3 Å². The van der Waals surface area contributed by atoms with Gasteiger partial charge in [-0.1, -0.05) is 0 Å². The van der Waals surface area contributed by atoms with Crippen LogP contribution in [0, 0.1) is 5.92 Å². The normalized spacial score (nSPS) is 19.9. The average molecular weight is 226 g/mol. The molecule has 0 aromatic carbocycles. The highest BCUT2D eigenvalue weighted by Crippen LogP contribution is 2.30. The maximum Gasteiger partial charge on any atom is 0.341 e. The van der Waals surface area contributed by atoms with Crippen LogP contribution in [0.1, 0.15) is 20.3 Å². The Labute approximate surface area is 93.4 Å². The lowest BCUT2D eigenvalue weighted by atomic mass is 10.0. The van der Waals surface area contributed by atoms with Gasteiger partial charge in [-0.3, -0.25) is 9.59 Å². The summed E-state index contributed by atoms with van der Waals surface area (Å²) in [6, 6.07) is 0. The molecule has 5 heteroatoms. The number of ether oxygens (including phenoxy) is 2. The van der Waals surface area contributed by atoms with Gasteiger partial charge in [0.1, 0.15) is 5.57 Å². The minimum Gasteiger partial charge on any atom is -0.466 e. The van der Waals surface area contributed by atoms with Crippen LogP contribution in [0.4, 0.5) is 0 Å². The summed E-state index contributed by atoms with van der Waals surface area (Å²) in [4.78, 5) is 34.3. The fourth-order valence-corrected chi connectivity index (χ4v) is 1.71. The molecule has 0 aromatic rings. The largest absolute Gasteiger partial charge is 0.466 e. The van der Waals surface area contributed by atoms with E-state index in [1.807, 2.05) is 0 Å². The van der Waals surface area contributed by atoms with Gasteiger partial charge in [-0.2, -0.15) is 0 Å². The van der Waals surface area contributed by atoms with Crippen molar-refractivity contribution in [3.63, 3.8) is 0 Å². The predicted molar refractivity (Wildman–Crippen MR) is 54.5 cm³/mol. The molecule has 0 bridgehead atoms. The molecule has 1 aliphatic carbocycles. The molecule has 88 valence electrons. The molecule has 1 unspecified atom stereocenters. The van der Waals surface area contributed by atoms with Gasteiger partial charge in [-0.25, -0.2) is 4.79 Å². The van der Waals surface area contributed by atoms with Crippen LogP contribution in [0.2, 0.25) is 0 Å². The molecule has 0 aliphatic heterocycles. The fraction of sp³-hybridized carbons (Fsp3) is 0.545. The first-order chi connectivity index (χ1) is 7.52. The van der Waals surface area contributed by atoms with E-state index >= 15 is 0 Å². The van der Waals surface area contributed by atoms with Crippen molar-refractivity contribution in [1.82, 2.24) is 0 Å². The Morgan fingerprint density at radius 1 is 1.44 bits per heavy atom. The van der Waals surface area contributed by atoms with Crippen LogP contribution in [0.15, 0.2) is 11.1 Å². The molecule has 0 saturated carbocycles. The van der Waals surface area contributed by atoms with Gasteiger partial charge < -0.3 is 9.47 Å². The molecule has 0 N–H and O–H groups in total. The second-order valence-corrected chi connectivity index (χ2v) is 3.48. The second kappa shape index (κ2) is 4.92. The number of hydrogen-bond acceptors (Lipinski definition) is 5. The van der Waals surface area contributed by atoms with E-state index in [0.29, 0.717) is 5.57 Å². The van der Waals surface area contributed by atoms with E-state index in [-0.39, 0.29) is 24.4 Å². The van der Waals surface area contributed by atoms with Crippen LogP contribution in [0.25, 0.3) is 0 Å². The lowest BCUT2D eigenvalue weighted by molar-refractivity contribution is -0.147. The SMILES string of the molecule is CCOC(=O)C1CC(=O)C(C(=O)OC)=C1C. The summed E-state index contributed by atoms with van der Waals surface area (Å²) in [6.07, 6.45) is -0.00486.